The van der Waals surface area contributed by atoms with Gasteiger partial charge >= 0.3 is 0 Å². The van der Waals surface area contributed by atoms with Crippen LogP contribution in [0, 0.1) is 5.82 Å². The molecule has 1 amide bonds. The number of ether oxygens (including phenoxy) is 2. The fourth-order valence-corrected chi connectivity index (χ4v) is 2.52. The Bertz CT molecular complexity index is 749. The Kier molecular flexibility index (Phi) is 6.94. The van der Waals surface area contributed by atoms with Crippen LogP contribution in [0.5, 0.6) is 11.5 Å². The molecule has 0 aliphatic heterocycles. The van der Waals surface area contributed by atoms with E-state index in [1.807, 2.05) is 0 Å². The van der Waals surface area contributed by atoms with Crippen molar-refractivity contribution in [1.29, 1.82) is 0 Å². The van der Waals surface area contributed by atoms with Gasteiger partial charge in [0.25, 0.3) is 5.91 Å². The molecule has 2 aromatic rings. The Balaban J connectivity index is 1.85. The molecule has 0 unspecified atom stereocenters. The minimum Gasteiger partial charge on any atom is -0.493 e. The first kappa shape index (κ1) is 18.9. The minimum absolute atomic E-state index is 0.209. The summed E-state index contributed by atoms with van der Waals surface area (Å²) in [5, 5.41) is 2.72. The van der Waals surface area contributed by atoms with Gasteiger partial charge in [-0.05, 0) is 52.2 Å². The number of hydrogen-bond acceptors (Lipinski definition) is 4. The lowest BCUT2D eigenvalue weighted by molar-refractivity contribution is -0.123. The number of hydrogen-bond donors (Lipinski definition) is 1. The predicted octanol–water partition coefficient (Wildman–Crippen LogP) is 3.15. The molecule has 2 aromatic carbocycles. The van der Waals surface area contributed by atoms with Gasteiger partial charge in [0, 0.05) is 16.6 Å². The highest BCUT2D eigenvalue weighted by atomic mass is 79.9. The largest absolute Gasteiger partial charge is 0.493 e. The second kappa shape index (κ2) is 9.17. The van der Waals surface area contributed by atoms with Crippen LogP contribution in [-0.2, 0) is 11.2 Å². The fourth-order valence-electron chi connectivity index (χ4n) is 2.11. The molecule has 0 spiro atoms. The highest BCUT2D eigenvalue weighted by Gasteiger charge is 2.11. The molecule has 0 heterocycles. The van der Waals surface area contributed by atoms with Crippen LogP contribution in [0.3, 0.4) is 0 Å². The lowest BCUT2D eigenvalue weighted by atomic mass is 10.1. The molecule has 2 rings (SSSR count). The van der Waals surface area contributed by atoms with Crippen LogP contribution in [0.2, 0.25) is 0 Å². The van der Waals surface area contributed by atoms with Crippen molar-refractivity contribution in [2.24, 2.45) is 0 Å². The Morgan fingerprint density at radius 3 is 2.60 bits per heavy atom. The second-order valence-electron chi connectivity index (χ2n) is 5.16. The van der Waals surface area contributed by atoms with E-state index in [1.165, 1.54) is 25.3 Å². The molecule has 0 aliphatic carbocycles. The molecular weight excluding hydrogens is 393 g/mol. The van der Waals surface area contributed by atoms with Gasteiger partial charge in [-0.3, -0.25) is 9.59 Å². The lowest BCUT2D eigenvalue weighted by Gasteiger charge is -2.12. The Labute approximate surface area is 153 Å². The number of amides is 1. The van der Waals surface area contributed by atoms with Crippen LogP contribution < -0.4 is 14.8 Å². The van der Waals surface area contributed by atoms with Crippen LogP contribution in [-0.4, -0.2) is 32.5 Å². The number of benzene rings is 2. The number of nitrogens with one attached hydrogen (secondary N) is 1. The number of halogens is 2. The Morgan fingerprint density at radius 2 is 1.96 bits per heavy atom. The highest BCUT2D eigenvalue weighted by Crippen LogP contribution is 2.32. The molecule has 0 atom stereocenters. The highest BCUT2D eigenvalue weighted by molar-refractivity contribution is 9.10. The topological polar surface area (TPSA) is 64.6 Å². The summed E-state index contributed by atoms with van der Waals surface area (Å²) in [5.41, 5.74) is 1.32. The molecule has 5 nitrogen and oxygen atoms in total. The summed E-state index contributed by atoms with van der Waals surface area (Å²) in [6.07, 6.45) is 1.27. The van der Waals surface area contributed by atoms with E-state index in [-0.39, 0.29) is 18.3 Å². The number of rotatable bonds is 8. The molecule has 0 fully saturated rings. The van der Waals surface area contributed by atoms with Crippen molar-refractivity contribution < 1.29 is 23.5 Å². The van der Waals surface area contributed by atoms with Gasteiger partial charge < -0.3 is 14.8 Å². The van der Waals surface area contributed by atoms with Gasteiger partial charge in [0.15, 0.2) is 24.4 Å². The molecule has 0 radical (unpaired) electrons. The zero-order chi connectivity index (χ0) is 18.2. The molecule has 0 aliphatic rings. The van der Waals surface area contributed by atoms with Crippen molar-refractivity contribution in [2.75, 3.05) is 20.3 Å². The van der Waals surface area contributed by atoms with Gasteiger partial charge in [0.1, 0.15) is 5.82 Å². The van der Waals surface area contributed by atoms with Crippen molar-refractivity contribution in [2.45, 2.75) is 6.42 Å². The maximum Gasteiger partial charge on any atom is 0.257 e. The van der Waals surface area contributed by atoms with Crippen molar-refractivity contribution in [3.05, 3.63) is 57.8 Å². The van der Waals surface area contributed by atoms with Gasteiger partial charge in [-0.15, -0.1) is 0 Å². The van der Waals surface area contributed by atoms with Crippen molar-refractivity contribution in [3.8, 4) is 11.5 Å². The quantitative estimate of drug-likeness (QED) is 0.680. The summed E-state index contributed by atoms with van der Waals surface area (Å²) in [4.78, 5) is 22.9. The average molecular weight is 410 g/mol. The predicted molar refractivity (Wildman–Crippen MR) is 94.7 cm³/mol. The second-order valence-corrected chi connectivity index (χ2v) is 6.01. The summed E-state index contributed by atoms with van der Waals surface area (Å²) in [6.45, 7) is 0.199. The summed E-state index contributed by atoms with van der Waals surface area (Å²) < 4.78 is 24.0. The van der Waals surface area contributed by atoms with Gasteiger partial charge in [-0.25, -0.2) is 4.39 Å². The molecule has 0 bridgehead atoms. The molecule has 25 heavy (non-hydrogen) atoms. The molecule has 0 saturated heterocycles. The normalized spacial score (nSPS) is 10.2. The van der Waals surface area contributed by atoms with Crippen molar-refractivity contribution in [3.63, 3.8) is 0 Å². The van der Waals surface area contributed by atoms with E-state index in [4.69, 9.17) is 9.47 Å². The van der Waals surface area contributed by atoms with Gasteiger partial charge in [0.2, 0.25) is 0 Å². The maximum atomic E-state index is 12.8. The molecular formula is C18H17BrFNO4. The first-order valence-electron chi connectivity index (χ1n) is 7.50. The fraction of sp³-hybridized carbons (Fsp3) is 0.222. The monoisotopic (exact) mass is 409 g/mol. The molecule has 7 heteroatoms. The Hall–Kier alpha value is -2.41. The van der Waals surface area contributed by atoms with Gasteiger partial charge in [0.05, 0.1) is 7.11 Å². The maximum absolute atomic E-state index is 12.8. The standard InChI is InChI=1S/C18H17BrFNO4/c1-24-16-9-15(19)13(10-22)8-17(16)25-11-18(23)21-7-6-12-2-4-14(20)5-3-12/h2-5,8-10H,6-7,11H2,1H3,(H,21,23). The third-order valence-corrected chi connectivity index (χ3v) is 4.10. The lowest BCUT2D eigenvalue weighted by Crippen LogP contribution is -2.30. The summed E-state index contributed by atoms with van der Waals surface area (Å²) >= 11 is 3.25. The van der Waals surface area contributed by atoms with Crippen LogP contribution in [0.15, 0.2) is 40.9 Å². The van der Waals surface area contributed by atoms with Crippen molar-refractivity contribution >= 4 is 28.1 Å². The van der Waals surface area contributed by atoms with Crippen LogP contribution in [0.25, 0.3) is 0 Å². The molecule has 0 saturated carbocycles. The molecule has 1 N–H and O–H groups in total. The number of methoxy groups -OCH3 is 1. The van der Waals surface area contributed by atoms with E-state index >= 15 is 0 Å². The summed E-state index contributed by atoms with van der Waals surface area (Å²) in [6, 6.07) is 9.21. The zero-order valence-electron chi connectivity index (χ0n) is 13.6. The van der Waals surface area contributed by atoms with E-state index in [1.54, 1.807) is 18.2 Å². The zero-order valence-corrected chi connectivity index (χ0v) is 15.1. The first-order chi connectivity index (χ1) is 12.0. The van der Waals surface area contributed by atoms with Crippen molar-refractivity contribution in [1.82, 2.24) is 5.32 Å². The number of carbonyl (C=O) groups excluding carboxylic acids is 2. The number of carbonyl (C=O) groups is 2. The minimum atomic E-state index is -0.306. The smallest absolute Gasteiger partial charge is 0.257 e. The van der Waals surface area contributed by atoms with E-state index < -0.39 is 0 Å². The average Bonchev–Trinajstić information content (AvgIpc) is 2.62. The van der Waals surface area contributed by atoms with Crippen LogP contribution >= 0.6 is 15.9 Å². The molecule has 0 aromatic heterocycles. The third-order valence-electron chi connectivity index (χ3n) is 3.42. The number of aldehydes is 1. The van der Waals surface area contributed by atoms with E-state index in [9.17, 15) is 14.0 Å². The van der Waals surface area contributed by atoms with Crippen LogP contribution in [0.1, 0.15) is 15.9 Å². The third kappa shape index (κ3) is 5.56. The summed E-state index contributed by atoms with van der Waals surface area (Å²) in [5.74, 6) is 0.122. The van der Waals surface area contributed by atoms with Gasteiger partial charge in [-0.1, -0.05) is 12.1 Å². The van der Waals surface area contributed by atoms with E-state index in [0.717, 1.165) is 5.56 Å². The molecule has 132 valence electrons. The SMILES string of the molecule is COc1cc(Br)c(C=O)cc1OCC(=O)NCCc1ccc(F)cc1. The van der Waals surface area contributed by atoms with Gasteiger partial charge in [-0.2, -0.15) is 0 Å². The van der Waals surface area contributed by atoms with Crippen LogP contribution in [0.4, 0.5) is 4.39 Å². The first-order valence-corrected chi connectivity index (χ1v) is 8.29. The summed E-state index contributed by atoms with van der Waals surface area (Å²) in [7, 11) is 1.47. The van der Waals surface area contributed by atoms with E-state index in [0.29, 0.717) is 40.8 Å². The Morgan fingerprint density at radius 1 is 1.24 bits per heavy atom. The van der Waals surface area contributed by atoms with E-state index in [2.05, 4.69) is 21.2 Å².